The van der Waals surface area contributed by atoms with Crippen LogP contribution in [0.3, 0.4) is 0 Å². The normalized spacial score (nSPS) is 17.1. The van der Waals surface area contributed by atoms with Gasteiger partial charge in [-0.05, 0) is 29.5 Å². The Morgan fingerprint density at radius 1 is 1.21 bits per heavy atom. The molecule has 2 N–H and O–H groups in total. The van der Waals surface area contributed by atoms with Crippen molar-refractivity contribution in [3.05, 3.63) is 59.9 Å². The van der Waals surface area contributed by atoms with Gasteiger partial charge in [-0.2, -0.15) is 0 Å². The third kappa shape index (κ3) is 6.87. The minimum absolute atomic E-state index is 0.0672. The van der Waals surface area contributed by atoms with Gasteiger partial charge in [-0.15, -0.1) is 0 Å². The molecule has 0 radical (unpaired) electrons. The lowest BCUT2D eigenvalue weighted by molar-refractivity contribution is -0.141. The molecular formula is C25H29N3O6. The van der Waals surface area contributed by atoms with Crippen molar-refractivity contribution in [3.63, 3.8) is 0 Å². The van der Waals surface area contributed by atoms with E-state index in [1.807, 2.05) is 30.3 Å². The summed E-state index contributed by atoms with van der Waals surface area (Å²) in [4.78, 5) is 54.7. The molecule has 0 saturated heterocycles. The number of ketones is 2. The Hall–Kier alpha value is -3.75. The lowest BCUT2D eigenvalue weighted by Gasteiger charge is -2.24. The zero-order chi connectivity index (χ0) is 24.5. The number of hydrogen-bond donors (Lipinski definition) is 2. The predicted octanol–water partition coefficient (Wildman–Crippen LogP) is 2.23. The molecule has 1 aliphatic rings. The summed E-state index contributed by atoms with van der Waals surface area (Å²) in [5, 5.41) is 5.13. The zero-order valence-electron chi connectivity index (χ0n) is 19.3. The third-order valence-corrected chi connectivity index (χ3v) is 5.52. The van der Waals surface area contributed by atoms with E-state index in [1.165, 1.54) is 0 Å². The van der Waals surface area contributed by atoms with Crippen LogP contribution in [0.5, 0.6) is 5.75 Å². The fraction of sp³-hybridized carbons (Fsp3) is 0.400. The first-order valence-corrected chi connectivity index (χ1v) is 11.2. The van der Waals surface area contributed by atoms with Gasteiger partial charge in [-0.1, -0.05) is 44.2 Å². The first-order valence-electron chi connectivity index (χ1n) is 11.2. The molecule has 1 aromatic heterocycles. The summed E-state index contributed by atoms with van der Waals surface area (Å²) in [6, 6.07) is 10.0. The average molecular weight is 468 g/mol. The van der Waals surface area contributed by atoms with Gasteiger partial charge in [0.05, 0.1) is 18.8 Å². The summed E-state index contributed by atoms with van der Waals surface area (Å²) in [6.07, 6.45) is 2.31. The van der Waals surface area contributed by atoms with Gasteiger partial charge in [-0.25, -0.2) is 4.79 Å². The summed E-state index contributed by atoms with van der Waals surface area (Å²) in [6.45, 7) is 4.00. The number of carbonyl (C=O) groups excluding carboxylic acids is 4. The molecule has 0 fully saturated rings. The Labute approximate surface area is 198 Å². The van der Waals surface area contributed by atoms with E-state index in [1.54, 1.807) is 32.3 Å². The number of benzene rings is 1. The second kappa shape index (κ2) is 11.9. The molecule has 9 nitrogen and oxygen atoms in total. The number of hydrogen-bond acceptors (Lipinski definition) is 7. The van der Waals surface area contributed by atoms with Crippen LogP contribution in [0.25, 0.3) is 0 Å². The van der Waals surface area contributed by atoms with Crippen LogP contribution in [0, 0.1) is 11.8 Å². The summed E-state index contributed by atoms with van der Waals surface area (Å²) < 4.78 is 10.9. The highest BCUT2D eigenvalue weighted by Gasteiger charge is 2.33. The second-order valence-corrected chi connectivity index (χ2v) is 8.45. The minimum atomic E-state index is -0.904. The number of carbonyl (C=O) groups is 4. The van der Waals surface area contributed by atoms with Gasteiger partial charge in [0.25, 0.3) is 5.91 Å². The van der Waals surface area contributed by atoms with E-state index < -0.39 is 29.7 Å². The number of ether oxygens (including phenoxy) is 2. The molecule has 0 bridgehead atoms. The lowest BCUT2D eigenvalue weighted by Crippen LogP contribution is -2.46. The van der Waals surface area contributed by atoms with Crippen molar-refractivity contribution in [2.45, 2.75) is 39.3 Å². The number of aromatic nitrogens is 1. The molecule has 1 aromatic carbocycles. The van der Waals surface area contributed by atoms with Crippen molar-refractivity contribution in [3.8, 4) is 5.75 Å². The van der Waals surface area contributed by atoms with Gasteiger partial charge in [0, 0.05) is 18.5 Å². The van der Waals surface area contributed by atoms with Crippen LogP contribution in [-0.2, 0) is 32.1 Å². The number of rotatable bonds is 7. The second-order valence-electron chi connectivity index (χ2n) is 8.45. The van der Waals surface area contributed by atoms with E-state index in [0.717, 1.165) is 5.56 Å². The topological polar surface area (TPSA) is 124 Å². The maximum Gasteiger partial charge on any atom is 0.408 e. The summed E-state index contributed by atoms with van der Waals surface area (Å²) in [5.74, 6) is -2.43. The fourth-order valence-corrected chi connectivity index (χ4v) is 3.71. The maximum atomic E-state index is 13.2. The molecule has 2 aromatic rings. The van der Waals surface area contributed by atoms with Crippen molar-refractivity contribution < 1.29 is 28.7 Å². The van der Waals surface area contributed by atoms with E-state index in [-0.39, 0.29) is 44.3 Å². The lowest BCUT2D eigenvalue weighted by atomic mass is 9.86. The standard InChI is InChI=1S/C25H29N3O6/c1-16(2)22(28-25(32)34-15-17-6-4-3-5-7-17)20(29)13-19-12-18-8-9-26-14-21(18)33-11-10-27-24(31)23(19)30/h3-9,14,16,19,22H,10-13,15H2,1-2H3,(H,27,31)(H,28,32). The average Bonchev–Trinajstić information content (AvgIpc) is 2.83. The predicted molar refractivity (Wildman–Crippen MR) is 123 cm³/mol. The Balaban J connectivity index is 1.70. The van der Waals surface area contributed by atoms with Crippen LogP contribution in [0.4, 0.5) is 4.79 Å². The number of Topliss-reactive ketones (excluding diaryl/α,β-unsaturated/α-hetero) is 2. The van der Waals surface area contributed by atoms with Crippen LogP contribution in [-0.4, -0.2) is 47.7 Å². The van der Waals surface area contributed by atoms with Crippen molar-refractivity contribution in [2.24, 2.45) is 11.8 Å². The number of alkyl carbamates (subject to hydrolysis) is 1. The van der Waals surface area contributed by atoms with E-state index >= 15 is 0 Å². The molecular weight excluding hydrogens is 438 g/mol. The first-order chi connectivity index (χ1) is 16.3. The number of amides is 2. The number of pyridine rings is 1. The largest absolute Gasteiger partial charge is 0.490 e. The number of fused-ring (bicyclic) bond motifs is 1. The van der Waals surface area contributed by atoms with Gasteiger partial charge in [-0.3, -0.25) is 19.4 Å². The van der Waals surface area contributed by atoms with Crippen molar-refractivity contribution in [2.75, 3.05) is 13.2 Å². The van der Waals surface area contributed by atoms with Gasteiger partial charge in [0.1, 0.15) is 19.0 Å². The summed E-state index contributed by atoms with van der Waals surface area (Å²) >= 11 is 0. The smallest absolute Gasteiger partial charge is 0.408 e. The molecule has 2 unspecified atom stereocenters. The Morgan fingerprint density at radius 2 is 1.97 bits per heavy atom. The van der Waals surface area contributed by atoms with Crippen molar-refractivity contribution in [1.82, 2.24) is 15.6 Å². The molecule has 180 valence electrons. The van der Waals surface area contributed by atoms with Crippen LogP contribution in [0.1, 0.15) is 31.4 Å². The molecule has 2 amide bonds. The minimum Gasteiger partial charge on any atom is -0.490 e. The van der Waals surface area contributed by atoms with Gasteiger partial charge >= 0.3 is 6.09 Å². The summed E-state index contributed by atoms with van der Waals surface area (Å²) in [5.41, 5.74) is 1.51. The highest BCUT2D eigenvalue weighted by molar-refractivity contribution is 6.37. The SMILES string of the molecule is CC(C)C(NC(=O)OCc1ccccc1)C(=O)CC1Cc2ccncc2OCCNC(=O)C1=O. The monoisotopic (exact) mass is 467 g/mol. The fourth-order valence-electron chi connectivity index (χ4n) is 3.71. The molecule has 34 heavy (non-hydrogen) atoms. The molecule has 3 rings (SSSR count). The zero-order valence-corrected chi connectivity index (χ0v) is 19.3. The third-order valence-electron chi connectivity index (χ3n) is 5.52. The quantitative estimate of drug-likeness (QED) is 0.599. The number of nitrogens with zero attached hydrogens (tertiary/aromatic N) is 1. The molecule has 0 spiro atoms. The highest BCUT2D eigenvalue weighted by atomic mass is 16.5. The molecule has 2 heterocycles. The van der Waals surface area contributed by atoms with Crippen molar-refractivity contribution >= 4 is 23.6 Å². The molecule has 2 atom stereocenters. The maximum absolute atomic E-state index is 13.2. The van der Waals surface area contributed by atoms with Crippen LogP contribution in [0.2, 0.25) is 0 Å². The van der Waals surface area contributed by atoms with Crippen molar-refractivity contribution in [1.29, 1.82) is 0 Å². The molecule has 9 heteroatoms. The Kier molecular flexibility index (Phi) is 8.73. The first kappa shape index (κ1) is 24.9. The van der Waals surface area contributed by atoms with Gasteiger partial charge < -0.3 is 20.1 Å². The van der Waals surface area contributed by atoms with E-state index in [9.17, 15) is 19.2 Å². The Bertz CT molecular complexity index is 1020. The van der Waals surface area contributed by atoms with E-state index in [0.29, 0.717) is 11.3 Å². The number of nitrogens with one attached hydrogen (secondary N) is 2. The summed E-state index contributed by atoms with van der Waals surface area (Å²) in [7, 11) is 0. The van der Waals surface area contributed by atoms with Crippen LogP contribution >= 0.6 is 0 Å². The van der Waals surface area contributed by atoms with Gasteiger partial charge in [0.15, 0.2) is 5.78 Å². The van der Waals surface area contributed by atoms with Crippen LogP contribution < -0.4 is 15.4 Å². The van der Waals surface area contributed by atoms with Gasteiger partial charge in [0.2, 0.25) is 5.78 Å². The molecule has 0 aliphatic carbocycles. The molecule has 0 saturated carbocycles. The van der Waals surface area contributed by atoms with E-state index in [4.69, 9.17) is 9.47 Å². The highest BCUT2D eigenvalue weighted by Crippen LogP contribution is 2.24. The Morgan fingerprint density at radius 3 is 2.71 bits per heavy atom. The van der Waals surface area contributed by atoms with E-state index in [2.05, 4.69) is 15.6 Å². The van der Waals surface area contributed by atoms with Crippen LogP contribution in [0.15, 0.2) is 48.8 Å². The molecule has 1 aliphatic heterocycles.